The molecule has 1 N–H and O–H groups in total. The van der Waals surface area contributed by atoms with Crippen LogP contribution in [-0.4, -0.2) is 32.2 Å². The number of carbonyl (C=O) groups is 1. The molecule has 0 fully saturated rings. The zero-order valence-electron chi connectivity index (χ0n) is 13.3. The minimum absolute atomic E-state index is 0.138. The zero-order valence-corrected chi connectivity index (χ0v) is 13.3. The van der Waals surface area contributed by atoms with Crippen molar-refractivity contribution in [3.05, 3.63) is 52.2 Å². The Morgan fingerprint density at radius 1 is 1.13 bits per heavy atom. The first-order valence-electron chi connectivity index (χ1n) is 7.29. The van der Waals surface area contributed by atoms with Gasteiger partial charge in [0.1, 0.15) is 16.9 Å². The van der Waals surface area contributed by atoms with Crippen LogP contribution in [0, 0.1) is 0 Å². The molecule has 5 heteroatoms. The topological polar surface area (TPSA) is 67.5 Å². The molecule has 0 aliphatic carbocycles. The minimum Gasteiger partial charge on any atom is -0.481 e. The van der Waals surface area contributed by atoms with E-state index in [1.807, 2.05) is 33.3 Å². The number of aliphatic carboxylic acids is 1. The lowest BCUT2D eigenvalue weighted by Gasteiger charge is -2.23. The normalized spacial score (nSPS) is 12.0. The molecule has 0 spiro atoms. The lowest BCUT2D eigenvalue weighted by atomic mass is 10.1. The summed E-state index contributed by atoms with van der Waals surface area (Å²) in [5, 5.41) is 9.95. The van der Waals surface area contributed by atoms with Gasteiger partial charge in [-0.15, -0.1) is 0 Å². The monoisotopic (exact) mass is 312 g/mol. The summed E-state index contributed by atoms with van der Waals surface area (Å²) >= 11 is 0. The van der Waals surface area contributed by atoms with E-state index in [0.717, 1.165) is 5.69 Å². The van der Waals surface area contributed by atoms with E-state index in [1.165, 1.54) is 0 Å². The van der Waals surface area contributed by atoms with Crippen molar-refractivity contribution in [3.8, 4) is 0 Å². The minimum atomic E-state index is -0.958. The number of fused-ring (bicyclic) bond motifs is 2. The first-order valence-corrected chi connectivity index (χ1v) is 7.29. The van der Waals surface area contributed by atoms with Gasteiger partial charge in [-0.25, -0.2) is 0 Å². The fraction of sp³-hybridized carbons (Fsp3) is 0.222. The number of carboxylic acids is 1. The van der Waals surface area contributed by atoms with Crippen molar-refractivity contribution in [3.63, 3.8) is 0 Å². The summed E-state index contributed by atoms with van der Waals surface area (Å²) < 4.78 is 6.51. The van der Waals surface area contributed by atoms with Crippen LogP contribution in [0.2, 0.25) is 0 Å². The van der Waals surface area contributed by atoms with Crippen LogP contribution in [0.25, 0.3) is 21.9 Å². The molecule has 5 nitrogen and oxygen atoms in total. The van der Waals surface area contributed by atoms with Crippen LogP contribution >= 0.6 is 0 Å². The zero-order chi connectivity index (χ0) is 16.8. The lowest BCUT2D eigenvalue weighted by molar-refractivity contribution is -0.136. The molecule has 0 atom stereocenters. The second kappa shape index (κ2) is 5.21. The highest BCUT2D eigenvalue weighted by Crippen LogP contribution is 2.26. The van der Waals surface area contributed by atoms with Gasteiger partial charge in [-0.05, 0) is 12.1 Å². The average Bonchev–Trinajstić information content (AvgIpc) is 2.46. The molecule has 0 unspecified atom stereocenters. The van der Waals surface area contributed by atoms with Gasteiger partial charge < -0.3 is 9.52 Å². The Hall–Kier alpha value is -2.66. The number of hydrogen-bond acceptors (Lipinski definition) is 3. The maximum absolute atomic E-state index is 12.7. The molecule has 0 aliphatic rings. The number of quaternary nitrogens is 1. The Morgan fingerprint density at radius 3 is 2.52 bits per heavy atom. The molecule has 1 aromatic heterocycles. The fourth-order valence-corrected chi connectivity index (χ4v) is 2.64. The number of para-hydroxylation sites is 1. The van der Waals surface area contributed by atoms with Crippen molar-refractivity contribution >= 4 is 33.6 Å². The molecular weight excluding hydrogens is 294 g/mol. The number of nitrogens with zero attached hydrogens (tertiary/aromatic N) is 1. The predicted molar refractivity (Wildman–Crippen MR) is 90.9 cm³/mol. The fourth-order valence-electron chi connectivity index (χ4n) is 2.64. The second-order valence-electron chi connectivity index (χ2n) is 6.49. The van der Waals surface area contributed by atoms with Crippen molar-refractivity contribution in [1.29, 1.82) is 0 Å². The van der Waals surface area contributed by atoms with Crippen LogP contribution in [0.5, 0.6) is 0 Å². The Kier molecular flexibility index (Phi) is 3.45. The summed E-state index contributed by atoms with van der Waals surface area (Å²) in [6.45, 7) is 0. The third-order valence-corrected chi connectivity index (χ3v) is 3.88. The van der Waals surface area contributed by atoms with Gasteiger partial charge in [0.25, 0.3) is 0 Å². The van der Waals surface area contributed by atoms with E-state index in [4.69, 9.17) is 9.52 Å². The van der Waals surface area contributed by atoms with Gasteiger partial charge in [0.05, 0.1) is 38.3 Å². The number of hydrogen-bond donors (Lipinski definition) is 1. The summed E-state index contributed by atoms with van der Waals surface area (Å²) in [6.07, 6.45) is -0.180. The Morgan fingerprint density at radius 2 is 1.87 bits per heavy atom. The van der Waals surface area contributed by atoms with E-state index >= 15 is 0 Å². The van der Waals surface area contributed by atoms with Gasteiger partial charge in [0.2, 0.25) is 5.43 Å². The number of carboxylic acid groups (broad SMARTS) is 1. The molecule has 2 aromatic carbocycles. The van der Waals surface area contributed by atoms with Gasteiger partial charge in [-0.1, -0.05) is 12.1 Å². The van der Waals surface area contributed by atoms with Gasteiger partial charge in [0, 0.05) is 17.7 Å². The molecule has 0 bridgehead atoms. The first kappa shape index (κ1) is 15.2. The number of benzene rings is 2. The van der Waals surface area contributed by atoms with E-state index in [2.05, 4.69) is 0 Å². The quantitative estimate of drug-likeness (QED) is 0.596. The maximum Gasteiger partial charge on any atom is 0.307 e. The molecular formula is C18H18NO4+. The summed E-state index contributed by atoms with van der Waals surface area (Å²) in [5.41, 5.74) is 2.19. The van der Waals surface area contributed by atoms with Crippen molar-refractivity contribution < 1.29 is 14.3 Å². The average molecular weight is 312 g/mol. The molecule has 1 heterocycles. The van der Waals surface area contributed by atoms with Crippen molar-refractivity contribution in [1.82, 2.24) is 4.48 Å². The van der Waals surface area contributed by atoms with E-state index in [9.17, 15) is 9.59 Å². The van der Waals surface area contributed by atoms with E-state index in [-0.39, 0.29) is 11.8 Å². The first-order chi connectivity index (χ1) is 10.8. The second-order valence-corrected chi connectivity index (χ2v) is 6.49. The van der Waals surface area contributed by atoms with Crippen molar-refractivity contribution in [2.45, 2.75) is 6.42 Å². The van der Waals surface area contributed by atoms with Crippen LogP contribution in [0.3, 0.4) is 0 Å². The van der Waals surface area contributed by atoms with Crippen molar-refractivity contribution in [2.24, 2.45) is 0 Å². The lowest BCUT2D eigenvalue weighted by Crippen LogP contribution is -2.34. The highest BCUT2D eigenvalue weighted by molar-refractivity contribution is 5.93. The van der Waals surface area contributed by atoms with Crippen LogP contribution in [0.4, 0.5) is 5.69 Å². The molecule has 0 amide bonds. The van der Waals surface area contributed by atoms with Gasteiger partial charge in [-0.2, -0.15) is 0 Å². The summed E-state index contributed by atoms with van der Waals surface area (Å²) in [4.78, 5) is 23.7. The Labute approximate surface area is 133 Å². The third-order valence-electron chi connectivity index (χ3n) is 3.88. The molecule has 0 aliphatic heterocycles. The highest BCUT2D eigenvalue weighted by Gasteiger charge is 2.17. The largest absolute Gasteiger partial charge is 0.481 e. The van der Waals surface area contributed by atoms with Crippen LogP contribution in [0.1, 0.15) is 5.56 Å². The van der Waals surface area contributed by atoms with Crippen LogP contribution in [0.15, 0.2) is 45.6 Å². The molecule has 118 valence electrons. The Bertz CT molecular complexity index is 980. The SMILES string of the molecule is C[N+](C)(C)c1ccc2c(=O)c3cccc(CC(=O)O)c3oc2c1. The summed E-state index contributed by atoms with van der Waals surface area (Å²) in [7, 11) is 6.07. The van der Waals surface area contributed by atoms with Gasteiger partial charge in [-0.3, -0.25) is 14.1 Å². The van der Waals surface area contributed by atoms with Gasteiger partial charge >= 0.3 is 5.97 Å². The molecule has 0 radical (unpaired) electrons. The maximum atomic E-state index is 12.7. The van der Waals surface area contributed by atoms with Gasteiger partial charge in [0.15, 0.2) is 0 Å². The summed E-state index contributed by atoms with van der Waals surface area (Å²) in [5.74, 6) is -0.958. The van der Waals surface area contributed by atoms with Crippen LogP contribution in [-0.2, 0) is 11.2 Å². The number of rotatable bonds is 3. The molecule has 23 heavy (non-hydrogen) atoms. The van der Waals surface area contributed by atoms with E-state index in [1.54, 1.807) is 24.3 Å². The standard InChI is InChI=1S/C18H17NO4/c1-19(2,3)12-7-8-13-15(10-12)23-18-11(9-16(20)21)5-4-6-14(18)17(13)22/h4-8,10H,9H2,1-3H3/p+1. The van der Waals surface area contributed by atoms with Crippen LogP contribution < -0.4 is 9.91 Å². The smallest absolute Gasteiger partial charge is 0.307 e. The molecule has 0 saturated carbocycles. The molecule has 3 rings (SSSR count). The van der Waals surface area contributed by atoms with Crippen molar-refractivity contribution in [2.75, 3.05) is 21.1 Å². The Balaban J connectivity index is 2.37. The molecule has 3 aromatic rings. The summed E-state index contributed by atoms with van der Waals surface area (Å²) in [6, 6.07) is 10.5. The molecule has 0 saturated heterocycles. The third kappa shape index (κ3) is 2.71. The van der Waals surface area contributed by atoms with E-state index < -0.39 is 5.97 Å². The predicted octanol–water partition coefficient (Wildman–Crippen LogP) is 2.77. The highest BCUT2D eigenvalue weighted by atomic mass is 16.4. The van der Waals surface area contributed by atoms with E-state index in [0.29, 0.717) is 32.0 Å².